The molecule has 1 atom stereocenters. The number of rotatable bonds is 4. The second-order valence-electron chi connectivity index (χ2n) is 4.54. The van der Waals surface area contributed by atoms with E-state index in [9.17, 15) is 22.0 Å². The highest BCUT2D eigenvalue weighted by atomic mass is 31.1. The summed E-state index contributed by atoms with van der Waals surface area (Å²) >= 11 is 0. The van der Waals surface area contributed by atoms with Crippen molar-refractivity contribution in [2.45, 2.75) is 0 Å². The highest BCUT2D eigenvalue weighted by Gasteiger charge is 2.27. The highest BCUT2D eigenvalue weighted by Crippen LogP contribution is 2.34. The van der Waals surface area contributed by atoms with Crippen molar-refractivity contribution in [3.63, 3.8) is 0 Å². The Morgan fingerprint density at radius 1 is 0.792 bits per heavy atom. The molecule has 9 heteroatoms. The predicted octanol–water partition coefficient (Wildman–Crippen LogP) is 4.90. The Morgan fingerprint density at radius 2 is 1.46 bits per heavy atom. The molecule has 24 heavy (non-hydrogen) atoms. The maximum atomic E-state index is 13.4. The van der Waals surface area contributed by atoms with Gasteiger partial charge in [-0.25, -0.2) is 13.2 Å². The SMILES string of the molecule is Fc1c(F)c(F)c(OPOc2ccc3ncccc3c2)c(F)c1F. The van der Waals surface area contributed by atoms with Crippen molar-refractivity contribution in [3.05, 3.63) is 65.6 Å². The summed E-state index contributed by atoms with van der Waals surface area (Å²) in [5, 5.41) is 0.746. The summed E-state index contributed by atoms with van der Waals surface area (Å²) in [5.41, 5.74) is 0.703. The summed E-state index contributed by atoms with van der Waals surface area (Å²) < 4.78 is 75.6. The molecular weight excluding hydrogens is 352 g/mol. The van der Waals surface area contributed by atoms with Crippen molar-refractivity contribution in [3.8, 4) is 11.5 Å². The maximum absolute atomic E-state index is 13.4. The van der Waals surface area contributed by atoms with Crippen LogP contribution in [0.1, 0.15) is 0 Å². The fourth-order valence-electron chi connectivity index (χ4n) is 1.90. The van der Waals surface area contributed by atoms with E-state index in [0.29, 0.717) is 5.52 Å². The lowest BCUT2D eigenvalue weighted by Gasteiger charge is -2.10. The van der Waals surface area contributed by atoms with Crippen molar-refractivity contribution in [1.29, 1.82) is 0 Å². The van der Waals surface area contributed by atoms with E-state index in [1.165, 1.54) is 6.07 Å². The van der Waals surface area contributed by atoms with Crippen LogP contribution >= 0.6 is 9.03 Å². The number of pyridine rings is 1. The van der Waals surface area contributed by atoms with E-state index < -0.39 is 43.9 Å². The zero-order chi connectivity index (χ0) is 17.3. The van der Waals surface area contributed by atoms with E-state index in [1.54, 1.807) is 30.5 Å². The molecule has 3 rings (SSSR count). The molecule has 0 N–H and O–H groups in total. The molecular formula is C15H7F5NO2P. The number of hydrogen-bond acceptors (Lipinski definition) is 3. The quantitative estimate of drug-likeness (QED) is 0.288. The monoisotopic (exact) mass is 359 g/mol. The van der Waals surface area contributed by atoms with Gasteiger partial charge in [-0.3, -0.25) is 4.98 Å². The van der Waals surface area contributed by atoms with Gasteiger partial charge < -0.3 is 9.05 Å². The summed E-state index contributed by atoms with van der Waals surface area (Å²) in [7, 11) is -1.02. The van der Waals surface area contributed by atoms with E-state index in [0.717, 1.165) is 5.39 Å². The first-order valence-corrected chi connectivity index (χ1v) is 7.25. The van der Waals surface area contributed by atoms with Gasteiger partial charge in [-0.2, -0.15) is 8.78 Å². The van der Waals surface area contributed by atoms with Crippen LogP contribution in [0.2, 0.25) is 0 Å². The first-order chi connectivity index (χ1) is 11.5. The summed E-state index contributed by atoms with van der Waals surface area (Å²) in [5.74, 6) is -11.6. The van der Waals surface area contributed by atoms with Gasteiger partial charge in [0.2, 0.25) is 34.8 Å². The molecule has 0 radical (unpaired) electrons. The van der Waals surface area contributed by atoms with Gasteiger partial charge in [-0.1, -0.05) is 6.07 Å². The van der Waals surface area contributed by atoms with E-state index in [4.69, 9.17) is 4.52 Å². The van der Waals surface area contributed by atoms with Crippen molar-refractivity contribution in [2.24, 2.45) is 0 Å². The van der Waals surface area contributed by atoms with E-state index in [2.05, 4.69) is 9.51 Å². The summed E-state index contributed by atoms with van der Waals surface area (Å²) in [6.07, 6.45) is 1.61. The Kier molecular flexibility index (Phi) is 4.49. The Bertz CT molecular complexity index is 893. The average molecular weight is 359 g/mol. The van der Waals surface area contributed by atoms with Gasteiger partial charge in [-0.15, -0.1) is 0 Å². The lowest BCUT2D eigenvalue weighted by Crippen LogP contribution is -2.03. The molecule has 0 fully saturated rings. The Balaban J connectivity index is 1.76. The molecule has 0 amide bonds. The smallest absolute Gasteiger partial charge is 0.275 e. The van der Waals surface area contributed by atoms with Crippen LogP contribution in [0, 0.1) is 29.1 Å². The minimum absolute atomic E-state index is 0.290. The average Bonchev–Trinajstić information content (AvgIpc) is 2.61. The second-order valence-corrected chi connectivity index (χ2v) is 5.12. The third-order valence-corrected chi connectivity index (χ3v) is 3.65. The van der Waals surface area contributed by atoms with Crippen LogP contribution in [0.5, 0.6) is 11.5 Å². The number of aromatic nitrogens is 1. The molecule has 0 aliphatic rings. The molecule has 1 heterocycles. The standard InChI is InChI=1S/C15H7F5NO2P/c16-10-11(17)13(19)15(14(20)12(10)18)23-24-22-8-3-4-9-7(6-8)2-1-5-21-9/h1-6,24H. The zero-order valence-electron chi connectivity index (χ0n) is 11.6. The minimum atomic E-state index is -2.25. The molecule has 0 bridgehead atoms. The largest absolute Gasteiger partial charge is 0.441 e. The molecule has 0 saturated carbocycles. The summed E-state index contributed by atoms with van der Waals surface area (Å²) in [4.78, 5) is 4.10. The van der Waals surface area contributed by atoms with Crippen LogP contribution in [-0.4, -0.2) is 4.98 Å². The van der Waals surface area contributed by atoms with Gasteiger partial charge >= 0.3 is 0 Å². The van der Waals surface area contributed by atoms with Crippen LogP contribution in [0.4, 0.5) is 22.0 Å². The molecule has 124 valence electrons. The Morgan fingerprint density at radius 3 is 2.17 bits per heavy atom. The van der Waals surface area contributed by atoms with Gasteiger partial charge in [-0.05, 0) is 24.3 Å². The third kappa shape index (κ3) is 2.97. The Labute approximate surface area is 134 Å². The summed E-state index contributed by atoms with van der Waals surface area (Å²) in [6, 6.07) is 8.25. The number of benzene rings is 2. The van der Waals surface area contributed by atoms with Crippen molar-refractivity contribution < 1.29 is 31.0 Å². The van der Waals surface area contributed by atoms with Gasteiger partial charge in [0.1, 0.15) is 5.75 Å². The van der Waals surface area contributed by atoms with Crippen molar-refractivity contribution in [2.75, 3.05) is 0 Å². The Hall–Kier alpha value is -2.47. The fraction of sp³-hybridized carbons (Fsp3) is 0. The van der Waals surface area contributed by atoms with Crippen molar-refractivity contribution in [1.82, 2.24) is 4.98 Å². The van der Waals surface area contributed by atoms with Crippen LogP contribution in [0.3, 0.4) is 0 Å². The van der Waals surface area contributed by atoms with Gasteiger partial charge in [0.15, 0.2) is 0 Å². The van der Waals surface area contributed by atoms with Gasteiger partial charge in [0.25, 0.3) is 9.03 Å². The number of halogens is 5. The normalized spacial score (nSPS) is 11.4. The molecule has 1 unspecified atom stereocenters. The molecule has 3 aromatic rings. The van der Waals surface area contributed by atoms with Crippen LogP contribution in [0.15, 0.2) is 36.5 Å². The molecule has 0 aliphatic heterocycles. The highest BCUT2D eigenvalue weighted by molar-refractivity contribution is 7.27. The van der Waals surface area contributed by atoms with Gasteiger partial charge in [0, 0.05) is 11.6 Å². The van der Waals surface area contributed by atoms with Crippen LogP contribution < -0.4 is 9.05 Å². The van der Waals surface area contributed by atoms with Gasteiger partial charge in [0.05, 0.1) is 5.52 Å². The number of fused-ring (bicyclic) bond motifs is 1. The number of nitrogens with zero attached hydrogens (tertiary/aromatic N) is 1. The molecule has 2 aromatic carbocycles. The minimum Gasteiger partial charge on any atom is -0.441 e. The lowest BCUT2D eigenvalue weighted by molar-refractivity contribution is 0.349. The van der Waals surface area contributed by atoms with E-state index in [1.807, 2.05) is 0 Å². The van der Waals surface area contributed by atoms with Crippen LogP contribution in [0.25, 0.3) is 10.9 Å². The predicted molar refractivity (Wildman–Crippen MR) is 77.5 cm³/mol. The van der Waals surface area contributed by atoms with Crippen molar-refractivity contribution >= 4 is 19.9 Å². The first-order valence-electron chi connectivity index (χ1n) is 6.44. The lowest BCUT2D eigenvalue weighted by atomic mass is 10.2. The molecule has 1 aromatic heterocycles. The summed E-state index contributed by atoms with van der Waals surface area (Å²) in [6.45, 7) is 0. The molecule has 0 spiro atoms. The molecule has 0 aliphatic carbocycles. The number of hydrogen-bond donors (Lipinski definition) is 0. The fourth-order valence-corrected chi connectivity index (χ4v) is 2.43. The maximum Gasteiger partial charge on any atom is 0.275 e. The third-order valence-electron chi connectivity index (χ3n) is 3.05. The second kappa shape index (κ2) is 6.57. The zero-order valence-corrected chi connectivity index (χ0v) is 12.6. The van der Waals surface area contributed by atoms with Crippen LogP contribution in [-0.2, 0) is 0 Å². The molecule has 0 saturated heterocycles. The van der Waals surface area contributed by atoms with E-state index >= 15 is 0 Å². The van der Waals surface area contributed by atoms with E-state index in [-0.39, 0.29) is 5.75 Å². The molecule has 3 nitrogen and oxygen atoms in total. The first kappa shape index (κ1) is 16.4. The topological polar surface area (TPSA) is 31.4 Å².